The van der Waals surface area contributed by atoms with Crippen molar-refractivity contribution in [3.63, 3.8) is 0 Å². The molecule has 0 aliphatic heterocycles. The second kappa shape index (κ2) is 8.13. The summed E-state index contributed by atoms with van der Waals surface area (Å²) in [6, 6.07) is 6.19. The number of unbranched alkanes of at least 4 members (excludes halogenated alkanes) is 1. The van der Waals surface area contributed by atoms with Gasteiger partial charge in [-0.1, -0.05) is 18.2 Å². The Balaban J connectivity index is 2.60. The second-order valence-corrected chi connectivity index (χ2v) is 4.14. The van der Waals surface area contributed by atoms with Gasteiger partial charge in [-0.05, 0) is 31.0 Å². The summed E-state index contributed by atoms with van der Waals surface area (Å²) in [6.45, 7) is 1.23. The van der Waals surface area contributed by atoms with Crippen molar-refractivity contribution in [2.45, 2.75) is 25.3 Å². The van der Waals surface area contributed by atoms with Gasteiger partial charge in [-0.2, -0.15) is 0 Å². The summed E-state index contributed by atoms with van der Waals surface area (Å²) >= 11 is 0. The first kappa shape index (κ1) is 15.0. The van der Waals surface area contributed by atoms with Gasteiger partial charge in [-0.15, -0.1) is 0 Å². The summed E-state index contributed by atoms with van der Waals surface area (Å²) in [5, 5.41) is 11.9. The van der Waals surface area contributed by atoms with Crippen LogP contribution in [-0.4, -0.2) is 24.8 Å². The minimum atomic E-state index is -2.46. The third kappa shape index (κ3) is 4.68. The lowest BCUT2D eigenvalue weighted by molar-refractivity contribution is 0.151. The van der Waals surface area contributed by atoms with Crippen molar-refractivity contribution in [1.82, 2.24) is 5.32 Å². The molecule has 0 aliphatic carbocycles. The molecule has 0 amide bonds. The highest BCUT2D eigenvalue weighted by molar-refractivity contribution is 5.27. The van der Waals surface area contributed by atoms with Crippen LogP contribution in [0.3, 0.4) is 0 Å². The van der Waals surface area contributed by atoms with Crippen LogP contribution in [0.5, 0.6) is 0 Å². The maximum Gasteiger partial charge on any atom is 0.263 e. The average Bonchev–Trinajstić information content (AvgIpc) is 2.39. The first-order chi connectivity index (χ1) is 8.69. The van der Waals surface area contributed by atoms with E-state index < -0.39 is 6.43 Å². The Labute approximate surface area is 106 Å². The molecule has 102 valence electrons. The van der Waals surface area contributed by atoms with Gasteiger partial charge in [0.15, 0.2) is 0 Å². The van der Waals surface area contributed by atoms with Crippen molar-refractivity contribution in [3.05, 3.63) is 35.4 Å². The first-order valence-electron chi connectivity index (χ1n) is 6.11. The van der Waals surface area contributed by atoms with Gasteiger partial charge in [0, 0.05) is 24.8 Å². The van der Waals surface area contributed by atoms with Crippen LogP contribution >= 0.6 is 0 Å². The summed E-state index contributed by atoms with van der Waals surface area (Å²) in [4.78, 5) is 0. The van der Waals surface area contributed by atoms with Crippen LogP contribution in [0, 0.1) is 0 Å². The van der Waals surface area contributed by atoms with Crippen molar-refractivity contribution in [2.75, 3.05) is 19.7 Å². The maximum atomic E-state index is 12.6. The third-order valence-electron chi connectivity index (χ3n) is 2.78. The number of alkyl halides is 2. The van der Waals surface area contributed by atoms with E-state index in [-0.39, 0.29) is 18.2 Å². The molecule has 3 nitrogen and oxygen atoms in total. The Kier molecular flexibility index (Phi) is 6.78. The van der Waals surface area contributed by atoms with Gasteiger partial charge in [-0.3, -0.25) is 0 Å². The Morgan fingerprint density at radius 1 is 1.22 bits per heavy atom. The number of hydrogen-bond donors (Lipinski definition) is 3. The molecule has 0 fully saturated rings. The van der Waals surface area contributed by atoms with Gasteiger partial charge in [0.25, 0.3) is 6.43 Å². The van der Waals surface area contributed by atoms with Crippen molar-refractivity contribution in [1.29, 1.82) is 0 Å². The number of halogens is 2. The van der Waals surface area contributed by atoms with Gasteiger partial charge in [-0.25, -0.2) is 8.78 Å². The van der Waals surface area contributed by atoms with Crippen LogP contribution in [0.1, 0.15) is 36.4 Å². The molecule has 1 atom stereocenters. The quantitative estimate of drug-likeness (QED) is 0.625. The number of aliphatic hydroxyl groups excluding tert-OH is 1. The van der Waals surface area contributed by atoms with E-state index in [1.807, 2.05) is 0 Å². The lowest BCUT2D eigenvalue weighted by Crippen LogP contribution is -2.29. The fourth-order valence-electron chi connectivity index (χ4n) is 1.76. The SMILES string of the molecule is NCC(NCCCCO)c1cccc(C(F)F)c1. The lowest BCUT2D eigenvalue weighted by Gasteiger charge is -2.18. The largest absolute Gasteiger partial charge is 0.396 e. The van der Waals surface area contributed by atoms with Crippen molar-refractivity contribution in [3.8, 4) is 0 Å². The number of rotatable bonds is 8. The molecule has 0 spiro atoms. The van der Waals surface area contributed by atoms with E-state index in [9.17, 15) is 8.78 Å². The molecule has 1 unspecified atom stereocenters. The second-order valence-electron chi connectivity index (χ2n) is 4.14. The molecule has 4 N–H and O–H groups in total. The van der Waals surface area contributed by atoms with Crippen LogP contribution in [0.15, 0.2) is 24.3 Å². The lowest BCUT2D eigenvalue weighted by atomic mass is 10.0. The van der Waals surface area contributed by atoms with Crippen LogP contribution in [0.2, 0.25) is 0 Å². The van der Waals surface area contributed by atoms with E-state index in [1.54, 1.807) is 12.1 Å². The monoisotopic (exact) mass is 258 g/mol. The van der Waals surface area contributed by atoms with E-state index >= 15 is 0 Å². The van der Waals surface area contributed by atoms with E-state index in [1.165, 1.54) is 12.1 Å². The molecule has 1 rings (SSSR count). The normalized spacial score (nSPS) is 12.9. The number of nitrogens with one attached hydrogen (secondary N) is 1. The first-order valence-corrected chi connectivity index (χ1v) is 6.11. The predicted molar refractivity (Wildman–Crippen MR) is 67.5 cm³/mol. The Hall–Kier alpha value is -1.04. The van der Waals surface area contributed by atoms with Gasteiger partial charge >= 0.3 is 0 Å². The number of hydrogen-bond acceptors (Lipinski definition) is 3. The van der Waals surface area contributed by atoms with Crippen LogP contribution in [-0.2, 0) is 0 Å². The minimum absolute atomic E-state index is 0.0168. The van der Waals surface area contributed by atoms with Crippen LogP contribution < -0.4 is 11.1 Å². The molecule has 0 saturated heterocycles. The van der Waals surface area contributed by atoms with Gasteiger partial charge in [0.05, 0.1) is 0 Å². The molecule has 18 heavy (non-hydrogen) atoms. The molecule has 0 radical (unpaired) electrons. The Bertz CT molecular complexity index is 348. The zero-order chi connectivity index (χ0) is 13.4. The van der Waals surface area contributed by atoms with E-state index in [4.69, 9.17) is 10.8 Å². The molecule has 0 saturated carbocycles. The van der Waals surface area contributed by atoms with Crippen LogP contribution in [0.4, 0.5) is 8.78 Å². The highest BCUT2D eigenvalue weighted by Crippen LogP contribution is 2.22. The molecule has 0 heterocycles. The highest BCUT2D eigenvalue weighted by atomic mass is 19.3. The van der Waals surface area contributed by atoms with E-state index in [0.29, 0.717) is 13.1 Å². The molecule has 5 heteroatoms. The topological polar surface area (TPSA) is 58.3 Å². The number of aliphatic hydroxyl groups is 1. The summed E-state index contributed by atoms with van der Waals surface area (Å²) < 4.78 is 25.2. The van der Waals surface area contributed by atoms with Gasteiger partial charge in [0.1, 0.15) is 0 Å². The number of nitrogens with two attached hydrogens (primary N) is 1. The fraction of sp³-hybridized carbons (Fsp3) is 0.538. The Morgan fingerprint density at radius 3 is 2.56 bits per heavy atom. The van der Waals surface area contributed by atoms with Crippen molar-refractivity contribution < 1.29 is 13.9 Å². The average molecular weight is 258 g/mol. The summed E-state index contributed by atoms with van der Waals surface area (Å²) in [5.41, 5.74) is 6.44. The zero-order valence-corrected chi connectivity index (χ0v) is 10.3. The minimum Gasteiger partial charge on any atom is -0.396 e. The maximum absolute atomic E-state index is 12.6. The fourth-order valence-corrected chi connectivity index (χ4v) is 1.76. The summed E-state index contributed by atoms with van der Waals surface area (Å²) in [5.74, 6) is 0. The van der Waals surface area contributed by atoms with E-state index in [0.717, 1.165) is 18.4 Å². The Morgan fingerprint density at radius 2 is 1.94 bits per heavy atom. The molecule has 1 aromatic rings. The summed E-state index contributed by atoms with van der Waals surface area (Å²) in [6.07, 6.45) is -0.902. The molecule has 0 aromatic heterocycles. The van der Waals surface area contributed by atoms with E-state index in [2.05, 4.69) is 5.32 Å². The van der Waals surface area contributed by atoms with Gasteiger partial charge < -0.3 is 16.2 Å². The standard InChI is InChI=1S/C13H20F2N2O/c14-13(15)11-5-3-4-10(8-11)12(9-16)17-6-1-2-7-18/h3-5,8,12-13,17-18H,1-2,6-7,9,16H2. The molecule has 1 aromatic carbocycles. The molecular formula is C13H20F2N2O. The van der Waals surface area contributed by atoms with Gasteiger partial charge in [0.2, 0.25) is 0 Å². The zero-order valence-electron chi connectivity index (χ0n) is 10.3. The third-order valence-corrected chi connectivity index (χ3v) is 2.78. The highest BCUT2D eigenvalue weighted by Gasteiger charge is 2.12. The van der Waals surface area contributed by atoms with Crippen molar-refractivity contribution in [2.24, 2.45) is 5.73 Å². The van der Waals surface area contributed by atoms with Crippen molar-refractivity contribution >= 4 is 0 Å². The summed E-state index contributed by atoms with van der Waals surface area (Å²) in [7, 11) is 0. The van der Waals surface area contributed by atoms with Crippen LogP contribution in [0.25, 0.3) is 0 Å². The predicted octanol–water partition coefficient (Wildman–Crippen LogP) is 1.99. The molecule has 0 aliphatic rings. The molecule has 0 bridgehead atoms. The molecular weight excluding hydrogens is 238 g/mol. The number of benzene rings is 1. The smallest absolute Gasteiger partial charge is 0.263 e.